The predicted octanol–water partition coefficient (Wildman–Crippen LogP) is 2.89. The summed E-state index contributed by atoms with van der Waals surface area (Å²) in [5.74, 6) is 0.946. The van der Waals surface area contributed by atoms with Crippen molar-refractivity contribution in [1.82, 2.24) is 19.3 Å². The van der Waals surface area contributed by atoms with E-state index in [0.717, 1.165) is 17.1 Å². The molecule has 0 amide bonds. The molecule has 3 aromatic heterocycles. The third-order valence-electron chi connectivity index (χ3n) is 3.32. The van der Waals surface area contributed by atoms with Crippen LogP contribution in [0, 0.1) is 13.8 Å². The van der Waals surface area contributed by atoms with Crippen molar-refractivity contribution in [1.29, 1.82) is 0 Å². The van der Waals surface area contributed by atoms with Crippen molar-refractivity contribution in [2.45, 2.75) is 13.8 Å². The van der Waals surface area contributed by atoms with Gasteiger partial charge in [-0.3, -0.25) is 9.67 Å². The number of pyridine rings is 1. The second kappa shape index (κ2) is 4.39. The Balaban J connectivity index is 2.13. The van der Waals surface area contributed by atoms with E-state index in [1.807, 2.05) is 30.1 Å². The van der Waals surface area contributed by atoms with Crippen molar-refractivity contribution < 1.29 is 0 Å². The van der Waals surface area contributed by atoms with Gasteiger partial charge in [-0.25, -0.2) is 0 Å². The van der Waals surface area contributed by atoms with Crippen molar-refractivity contribution in [2.75, 3.05) is 0 Å². The first-order valence-electron chi connectivity index (χ1n) is 6.26. The fraction of sp³-hybridized carbons (Fsp3) is 0.200. The Morgan fingerprint density at radius 1 is 1.05 bits per heavy atom. The first kappa shape index (κ1) is 11.7. The summed E-state index contributed by atoms with van der Waals surface area (Å²) < 4.78 is 4.05. The second-order valence-electron chi connectivity index (χ2n) is 4.70. The van der Waals surface area contributed by atoms with Gasteiger partial charge in [-0.05, 0) is 38.1 Å². The van der Waals surface area contributed by atoms with E-state index in [-0.39, 0.29) is 0 Å². The first-order chi connectivity index (χ1) is 9.16. The van der Waals surface area contributed by atoms with Gasteiger partial charge in [0, 0.05) is 42.5 Å². The van der Waals surface area contributed by atoms with Gasteiger partial charge >= 0.3 is 0 Å². The standard InChI is InChI=1S/C15H16N4/c1-11-6-7-12(2)19(11)15-9-14(18(3)17-15)13-5-4-8-16-10-13/h4-10H,1-3H3. The lowest BCUT2D eigenvalue weighted by Gasteiger charge is -2.03. The maximum Gasteiger partial charge on any atom is 0.159 e. The molecule has 96 valence electrons. The molecule has 0 radical (unpaired) electrons. The zero-order chi connectivity index (χ0) is 13.4. The van der Waals surface area contributed by atoms with Crippen LogP contribution in [0.2, 0.25) is 0 Å². The molecule has 4 nitrogen and oxygen atoms in total. The molecule has 0 aromatic carbocycles. The van der Waals surface area contributed by atoms with Crippen LogP contribution in [0.3, 0.4) is 0 Å². The summed E-state index contributed by atoms with van der Waals surface area (Å²) in [6, 6.07) is 10.3. The van der Waals surface area contributed by atoms with Crippen molar-refractivity contribution in [3.63, 3.8) is 0 Å². The Kier molecular flexibility index (Phi) is 2.71. The molecule has 0 aliphatic carbocycles. The van der Waals surface area contributed by atoms with Crippen LogP contribution in [0.4, 0.5) is 0 Å². The topological polar surface area (TPSA) is 35.6 Å². The number of rotatable bonds is 2. The third kappa shape index (κ3) is 1.95. The summed E-state index contributed by atoms with van der Waals surface area (Å²) in [6.45, 7) is 4.18. The van der Waals surface area contributed by atoms with Crippen molar-refractivity contribution in [3.8, 4) is 17.1 Å². The molecule has 4 heteroatoms. The summed E-state index contributed by atoms with van der Waals surface area (Å²) in [5, 5.41) is 4.60. The summed E-state index contributed by atoms with van der Waals surface area (Å²) in [6.07, 6.45) is 3.64. The quantitative estimate of drug-likeness (QED) is 0.703. The van der Waals surface area contributed by atoms with Gasteiger partial charge < -0.3 is 4.57 Å². The van der Waals surface area contributed by atoms with E-state index < -0.39 is 0 Å². The normalized spacial score (nSPS) is 10.9. The minimum atomic E-state index is 0.946. The van der Waals surface area contributed by atoms with Crippen molar-refractivity contribution >= 4 is 0 Å². The molecule has 0 aliphatic heterocycles. The van der Waals surface area contributed by atoms with E-state index in [0.29, 0.717) is 0 Å². The van der Waals surface area contributed by atoms with E-state index in [1.165, 1.54) is 11.4 Å². The minimum Gasteiger partial charge on any atom is -0.302 e. The Bertz CT molecular complexity index is 688. The molecule has 3 heterocycles. The smallest absolute Gasteiger partial charge is 0.159 e. The molecule has 0 spiro atoms. The molecule has 0 unspecified atom stereocenters. The van der Waals surface area contributed by atoms with Gasteiger partial charge in [0.25, 0.3) is 0 Å². The molecule has 0 bridgehead atoms. The molecule has 0 saturated carbocycles. The van der Waals surface area contributed by atoms with Crippen LogP contribution in [0.25, 0.3) is 17.1 Å². The highest BCUT2D eigenvalue weighted by Gasteiger charge is 2.11. The fourth-order valence-electron chi connectivity index (χ4n) is 2.38. The maximum absolute atomic E-state index is 4.60. The number of hydrogen-bond acceptors (Lipinski definition) is 2. The van der Waals surface area contributed by atoms with E-state index >= 15 is 0 Å². The molecule has 19 heavy (non-hydrogen) atoms. The molecule has 0 N–H and O–H groups in total. The molecule has 0 fully saturated rings. The van der Waals surface area contributed by atoms with Crippen molar-refractivity contribution in [2.24, 2.45) is 7.05 Å². The van der Waals surface area contributed by atoms with E-state index in [9.17, 15) is 0 Å². The lowest BCUT2D eigenvalue weighted by Crippen LogP contribution is -2.00. The Labute approximate surface area is 112 Å². The van der Waals surface area contributed by atoms with E-state index in [1.54, 1.807) is 6.20 Å². The average Bonchev–Trinajstić information content (AvgIpc) is 2.94. The number of aryl methyl sites for hydroxylation is 3. The van der Waals surface area contributed by atoms with Gasteiger partial charge in [0.15, 0.2) is 5.82 Å². The summed E-state index contributed by atoms with van der Waals surface area (Å²) >= 11 is 0. The summed E-state index contributed by atoms with van der Waals surface area (Å²) in [7, 11) is 1.96. The van der Waals surface area contributed by atoms with Gasteiger partial charge in [-0.1, -0.05) is 0 Å². The zero-order valence-corrected chi connectivity index (χ0v) is 11.3. The Morgan fingerprint density at radius 3 is 2.42 bits per heavy atom. The Morgan fingerprint density at radius 2 is 1.79 bits per heavy atom. The summed E-state index contributed by atoms with van der Waals surface area (Å²) in [4.78, 5) is 4.16. The van der Waals surface area contributed by atoms with Crippen molar-refractivity contribution in [3.05, 3.63) is 54.1 Å². The first-order valence-corrected chi connectivity index (χ1v) is 6.26. The highest BCUT2D eigenvalue weighted by molar-refractivity contribution is 5.60. The molecular formula is C15H16N4. The zero-order valence-electron chi connectivity index (χ0n) is 11.3. The van der Waals surface area contributed by atoms with E-state index in [2.05, 4.69) is 46.7 Å². The number of hydrogen-bond donors (Lipinski definition) is 0. The van der Waals surface area contributed by atoms with Crippen LogP contribution in [0.5, 0.6) is 0 Å². The van der Waals surface area contributed by atoms with Gasteiger partial charge in [-0.15, -0.1) is 0 Å². The molecular weight excluding hydrogens is 236 g/mol. The molecule has 0 aliphatic rings. The van der Waals surface area contributed by atoms with Crippen LogP contribution < -0.4 is 0 Å². The fourth-order valence-corrected chi connectivity index (χ4v) is 2.38. The third-order valence-corrected chi connectivity index (χ3v) is 3.32. The van der Waals surface area contributed by atoms with Crippen LogP contribution in [-0.4, -0.2) is 19.3 Å². The highest BCUT2D eigenvalue weighted by Crippen LogP contribution is 2.22. The average molecular weight is 252 g/mol. The van der Waals surface area contributed by atoms with Gasteiger partial charge in [-0.2, -0.15) is 5.10 Å². The van der Waals surface area contributed by atoms with Gasteiger partial charge in [0.2, 0.25) is 0 Å². The minimum absolute atomic E-state index is 0.946. The van der Waals surface area contributed by atoms with Gasteiger partial charge in [0.05, 0.1) is 5.69 Å². The molecule has 0 atom stereocenters. The number of aromatic nitrogens is 4. The van der Waals surface area contributed by atoms with Crippen LogP contribution >= 0.6 is 0 Å². The molecule has 0 saturated heterocycles. The van der Waals surface area contributed by atoms with Gasteiger partial charge in [0.1, 0.15) is 0 Å². The summed E-state index contributed by atoms with van der Waals surface area (Å²) in [5.41, 5.74) is 4.52. The largest absolute Gasteiger partial charge is 0.302 e. The second-order valence-corrected chi connectivity index (χ2v) is 4.70. The SMILES string of the molecule is Cc1ccc(C)n1-c1cc(-c2cccnc2)n(C)n1. The molecule has 3 rings (SSSR count). The highest BCUT2D eigenvalue weighted by atomic mass is 15.3. The van der Waals surface area contributed by atoms with E-state index in [4.69, 9.17) is 0 Å². The monoisotopic (exact) mass is 252 g/mol. The maximum atomic E-state index is 4.60. The van der Waals surface area contributed by atoms with Crippen LogP contribution in [0.1, 0.15) is 11.4 Å². The lowest BCUT2D eigenvalue weighted by atomic mass is 10.2. The predicted molar refractivity (Wildman–Crippen MR) is 75.2 cm³/mol. The lowest BCUT2D eigenvalue weighted by molar-refractivity contribution is 0.751. The Hall–Kier alpha value is -2.36. The molecule has 3 aromatic rings. The van der Waals surface area contributed by atoms with Crippen LogP contribution in [-0.2, 0) is 7.05 Å². The van der Waals surface area contributed by atoms with Crippen LogP contribution in [0.15, 0.2) is 42.7 Å². The number of nitrogens with zero attached hydrogens (tertiary/aromatic N) is 4.